The van der Waals surface area contributed by atoms with E-state index in [4.69, 9.17) is 9.47 Å². The van der Waals surface area contributed by atoms with Crippen LogP contribution in [-0.2, 0) is 0 Å². The number of benzene rings is 1. The lowest BCUT2D eigenvalue weighted by atomic mass is 10.2. The molecular formula is C10H8FIO2. The highest BCUT2D eigenvalue weighted by Gasteiger charge is 2.12. The molecule has 0 N–H and O–H groups in total. The van der Waals surface area contributed by atoms with Crippen LogP contribution in [0.4, 0.5) is 4.39 Å². The fourth-order valence-corrected chi connectivity index (χ4v) is 1.61. The van der Waals surface area contributed by atoms with Crippen molar-refractivity contribution in [1.82, 2.24) is 0 Å². The summed E-state index contributed by atoms with van der Waals surface area (Å²) < 4.78 is 25.2. The van der Waals surface area contributed by atoms with Gasteiger partial charge in [-0.3, -0.25) is 0 Å². The van der Waals surface area contributed by atoms with Crippen molar-refractivity contribution in [2.75, 3.05) is 13.2 Å². The molecule has 0 atom stereocenters. The highest BCUT2D eigenvalue weighted by Crippen LogP contribution is 2.33. The molecule has 0 radical (unpaired) electrons. The lowest BCUT2D eigenvalue weighted by molar-refractivity contribution is 0.171. The molecule has 2 nitrogen and oxygen atoms in total. The molecule has 1 aliphatic rings. The average molecular weight is 306 g/mol. The van der Waals surface area contributed by atoms with Gasteiger partial charge >= 0.3 is 0 Å². The second-order valence-corrected chi connectivity index (χ2v) is 3.44. The van der Waals surface area contributed by atoms with Crippen LogP contribution in [0.1, 0.15) is 5.56 Å². The third kappa shape index (κ3) is 1.84. The fourth-order valence-electron chi connectivity index (χ4n) is 1.25. The SMILES string of the molecule is FC(=CI)c1ccc2c(c1)OCCO2. The van der Waals surface area contributed by atoms with Crippen molar-refractivity contribution in [3.63, 3.8) is 0 Å². The molecule has 1 aromatic rings. The zero-order valence-electron chi connectivity index (χ0n) is 7.30. The first-order valence-electron chi connectivity index (χ1n) is 4.17. The van der Waals surface area contributed by atoms with E-state index >= 15 is 0 Å². The summed E-state index contributed by atoms with van der Waals surface area (Å²) in [6, 6.07) is 5.06. The van der Waals surface area contributed by atoms with E-state index < -0.39 is 0 Å². The van der Waals surface area contributed by atoms with Gasteiger partial charge in [0.1, 0.15) is 19.0 Å². The van der Waals surface area contributed by atoms with Crippen molar-refractivity contribution in [1.29, 1.82) is 0 Å². The Balaban J connectivity index is 2.38. The largest absolute Gasteiger partial charge is 0.486 e. The van der Waals surface area contributed by atoms with Crippen LogP contribution < -0.4 is 9.47 Å². The van der Waals surface area contributed by atoms with Gasteiger partial charge in [0, 0.05) is 9.65 Å². The monoisotopic (exact) mass is 306 g/mol. The average Bonchev–Trinajstić information content (AvgIpc) is 2.27. The van der Waals surface area contributed by atoms with E-state index in [-0.39, 0.29) is 5.83 Å². The van der Waals surface area contributed by atoms with Crippen molar-refractivity contribution in [2.45, 2.75) is 0 Å². The first-order chi connectivity index (χ1) is 6.81. The van der Waals surface area contributed by atoms with Crippen molar-refractivity contribution in [3.8, 4) is 11.5 Å². The molecular weight excluding hydrogens is 298 g/mol. The number of ether oxygens (including phenoxy) is 2. The predicted molar refractivity (Wildman–Crippen MR) is 60.5 cm³/mol. The summed E-state index contributed by atoms with van der Waals surface area (Å²) in [6.45, 7) is 1.07. The van der Waals surface area contributed by atoms with Crippen LogP contribution in [0.3, 0.4) is 0 Å². The van der Waals surface area contributed by atoms with E-state index in [0.717, 1.165) is 0 Å². The second-order valence-electron chi connectivity index (χ2n) is 2.82. The van der Waals surface area contributed by atoms with E-state index in [2.05, 4.69) is 0 Å². The van der Waals surface area contributed by atoms with Gasteiger partial charge in [0.2, 0.25) is 0 Å². The third-order valence-electron chi connectivity index (χ3n) is 1.91. The summed E-state index contributed by atoms with van der Waals surface area (Å²) in [7, 11) is 0. The molecule has 0 spiro atoms. The molecule has 0 unspecified atom stereocenters. The van der Waals surface area contributed by atoms with E-state index in [1.54, 1.807) is 18.2 Å². The Morgan fingerprint density at radius 1 is 1.29 bits per heavy atom. The molecule has 1 aliphatic heterocycles. The molecule has 74 valence electrons. The van der Waals surface area contributed by atoms with Crippen LogP contribution in [0.2, 0.25) is 0 Å². The maximum atomic E-state index is 13.2. The molecule has 2 rings (SSSR count). The van der Waals surface area contributed by atoms with E-state index in [9.17, 15) is 4.39 Å². The summed E-state index contributed by atoms with van der Waals surface area (Å²) >= 11 is 1.86. The van der Waals surface area contributed by atoms with Gasteiger partial charge in [-0.25, -0.2) is 4.39 Å². The van der Waals surface area contributed by atoms with Crippen molar-refractivity contribution < 1.29 is 13.9 Å². The molecule has 0 aromatic heterocycles. The number of hydrogen-bond donors (Lipinski definition) is 0. The Labute approximate surface area is 94.9 Å². The van der Waals surface area contributed by atoms with Crippen molar-refractivity contribution >= 4 is 28.4 Å². The minimum Gasteiger partial charge on any atom is -0.486 e. The molecule has 0 amide bonds. The minimum absolute atomic E-state index is 0.262. The van der Waals surface area contributed by atoms with Crippen LogP contribution >= 0.6 is 22.6 Å². The first kappa shape index (κ1) is 9.76. The lowest BCUT2D eigenvalue weighted by Crippen LogP contribution is -2.15. The fraction of sp³-hybridized carbons (Fsp3) is 0.200. The van der Waals surface area contributed by atoms with Crippen LogP contribution in [0.5, 0.6) is 11.5 Å². The summed E-state index contributed by atoms with van der Waals surface area (Å²) in [5, 5.41) is 0. The van der Waals surface area contributed by atoms with Gasteiger partial charge in [0.15, 0.2) is 11.5 Å². The normalized spacial score (nSPS) is 15.4. The van der Waals surface area contributed by atoms with Crippen LogP contribution in [0, 0.1) is 0 Å². The van der Waals surface area contributed by atoms with Gasteiger partial charge in [0.05, 0.1) is 0 Å². The molecule has 0 saturated heterocycles. The Morgan fingerprint density at radius 3 is 2.71 bits per heavy atom. The van der Waals surface area contributed by atoms with E-state index in [0.29, 0.717) is 30.3 Å². The van der Waals surface area contributed by atoms with Crippen LogP contribution in [0.25, 0.3) is 5.83 Å². The summed E-state index contributed by atoms with van der Waals surface area (Å²) in [5.41, 5.74) is 0.517. The maximum Gasteiger partial charge on any atom is 0.162 e. The third-order valence-corrected chi connectivity index (χ3v) is 2.46. The highest BCUT2D eigenvalue weighted by atomic mass is 127. The summed E-state index contributed by atoms with van der Waals surface area (Å²) in [4.78, 5) is 0. The first-order valence-corrected chi connectivity index (χ1v) is 5.42. The smallest absolute Gasteiger partial charge is 0.162 e. The van der Waals surface area contributed by atoms with Gasteiger partial charge in [-0.05, 0) is 40.8 Å². The molecule has 0 bridgehead atoms. The summed E-state index contributed by atoms with van der Waals surface area (Å²) in [5.74, 6) is 1.03. The number of fused-ring (bicyclic) bond motifs is 1. The van der Waals surface area contributed by atoms with Gasteiger partial charge in [-0.15, -0.1) is 0 Å². The molecule has 0 saturated carbocycles. The van der Waals surface area contributed by atoms with Crippen LogP contribution in [-0.4, -0.2) is 13.2 Å². The molecule has 0 aliphatic carbocycles. The Hall–Kier alpha value is -0.780. The lowest BCUT2D eigenvalue weighted by Gasteiger charge is -2.18. The number of hydrogen-bond acceptors (Lipinski definition) is 2. The predicted octanol–water partition coefficient (Wildman–Crippen LogP) is 3.16. The minimum atomic E-state index is -0.262. The summed E-state index contributed by atoms with van der Waals surface area (Å²) in [6.07, 6.45) is 0. The molecule has 0 fully saturated rings. The molecule has 1 heterocycles. The van der Waals surface area contributed by atoms with E-state index in [1.807, 2.05) is 22.6 Å². The van der Waals surface area contributed by atoms with Gasteiger partial charge < -0.3 is 9.47 Å². The Kier molecular flexibility index (Phi) is 2.90. The van der Waals surface area contributed by atoms with Gasteiger partial charge in [-0.1, -0.05) is 0 Å². The van der Waals surface area contributed by atoms with E-state index in [1.165, 1.54) is 4.08 Å². The van der Waals surface area contributed by atoms with Crippen LogP contribution in [0.15, 0.2) is 22.3 Å². The van der Waals surface area contributed by atoms with Gasteiger partial charge in [0.25, 0.3) is 0 Å². The molecule has 14 heavy (non-hydrogen) atoms. The highest BCUT2D eigenvalue weighted by molar-refractivity contribution is 14.1. The Bertz CT molecular complexity index is 376. The zero-order chi connectivity index (χ0) is 9.97. The standard InChI is InChI=1S/C10H8FIO2/c11-8(6-12)7-1-2-9-10(5-7)14-4-3-13-9/h1-2,5-6H,3-4H2. The topological polar surface area (TPSA) is 18.5 Å². The van der Waals surface area contributed by atoms with Crippen molar-refractivity contribution in [3.05, 3.63) is 27.8 Å². The zero-order valence-corrected chi connectivity index (χ0v) is 9.45. The van der Waals surface area contributed by atoms with Crippen molar-refractivity contribution in [2.24, 2.45) is 0 Å². The molecule has 4 heteroatoms. The maximum absolute atomic E-state index is 13.2. The quantitative estimate of drug-likeness (QED) is 0.742. The Morgan fingerprint density at radius 2 is 2.00 bits per heavy atom. The van der Waals surface area contributed by atoms with Gasteiger partial charge in [-0.2, -0.15) is 0 Å². The second kappa shape index (κ2) is 4.16. The molecule has 1 aromatic carbocycles. The number of rotatable bonds is 1. The number of halogens is 2.